The van der Waals surface area contributed by atoms with Gasteiger partial charge in [-0.05, 0) is 24.0 Å². The molecule has 100 valence electrons. The molecule has 3 heteroatoms. The second-order valence-corrected chi connectivity index (χ2v) is 4.81. The van der Waals surface area contributed by atoms with Crippen LogP contribution in [0.25, 0.3) is 0 Å². The summed E-state index contributed by atoms with van der Waals surface area (Å²) in [5.41, 5.74) is 7.99. The lowest BCUT2D eigenvalue weighted by Gasteiger charge is -2.19. The largest absolute Gasteiger partial charge is 0.324 e. The number of hydrogen-bond acceptors (Lipinski definition) is 2. The van der Waals surface area contributed by atoms with Gasteiger partial charge in [0.1, 0.15) is 0 Å². The minimum Gasteiger partial charge on any atom is -0.324 e. The normalized spacial score (nSPS) is 14.0. The molecule has 0 fully saturated rings. The summed E-state index contributed by atoms with van der Waals surface area (Å²) >= 11 is 0. The molecule has 0 saturated heterocycles. The number of nitrogens with two attached hydrogens (primary N) is 1. The van der Waals surface area contributed by atoms with Gasteiger partial charge in [0.05, 0.1) is 6.04 Å². The number of nitrogens with one attached hydrogen (secondary N) is 1. The predicted octanol–water partition coefficient (Wildman–Crippen LogP) is 2.95. The Balaban J connectivity index is 2.75. The maximum Gasteiger partial charge on any atom is 0.241 e. The highest BCUT2D eigenvalue weighted by Crippen LogP contribution is 2.17. The topological polar surface area (TPSA) is 55.1 Å². The fourth-order valence-corrected chi connectivity index (χ4v) is 1.86. The molecule has 0 saturated carbocycles. The Kier molecular flexibility index (Phi) is 5.86. The van der Waals surface area contributed by atoms with Gasteiger partial charge in [-0.25, -0.2) is 0 Å². The van der Waals surface area contributed by atoms with Crippen molar-refractivity contribution in [2.75, 3.05) is 5.32 Å². The Hall–Kier alpha value is -1.35. The molecule has 0 bridgehead atoms. The van der Waals surface area contributed by atoms with E-state index in [-0.39, 0.29) is 11.8 Å². The first-order chi connectivity index (χ1) is 8.60. The quantitative estimate of drug-likeness (QED) is 0.813. The lowest BCUT2D eigenvalue weighted by atomic mass is 9.99. The van der Waals surface area contributed by atoms with Crippen LogP contribution in [0.5, 0.6) is 0 Å². The molecule has 0 radical (unpaired) electrons. The van der Waals surface area contributed by atoms with Crippen molar-refractivity contribution in [1.82, 2.24) is 0 Å². The molecule has 3 N–H and O–H groups in total. The molecular weight excluding hydrogens is 224 g/mol. The van der Waals surface area contributed by atoms with E-state index in [1.54, 1.807) is 0 Å². The summed E-state index contributed by atoms with van der Waals surface area (Å²) in [6.07, 6.45) is 2.94. The molecule has 1 amide bonds. The molecule has 0 aliphatic carbocycles. The van der Waals surface area contributed by atoms with Crippen molar-refractivity contribution in [3.63, 3.8) is 0 Å². The van der Waals surface area contributed by atoms with Gasteiger partial charge < -0.3 is 11.1 Å². The van der Waals surface area contributed by atoms with E-state index < -0.39 is 6.04 Å². The number of para-hydroxylation sites is 1. The van der Waals surface area contributed by atoms with Crippen LogP contribution in [-0.4, -0.2) is 11.9 Å². The molecule has 1 rings (SSSR count). The van der Waals surface area contributed by atoms with E-state index in [1.165, 1.54) is 5.56 Å². The van der Waals surface area contributed by atoms with Crippen LogP contribution in [0, 0.1) is 5.92 Å². The van der Waals surface area contributed by atoms with E-state index in [1.807, 2.05) is 38.1 Å². The molecule has 2 atom stereocenters. The van der Waals surface area contributed by atoms with Crippen LogP contribution in [0.1, 0.15) is 39.2 Å². The number of amides is 1. The van der Waals surface area contributed by atoms with Crippen molar-refractivity contribution in [3.8, 4) is 0 Å². The molecule has 18 heavy (non-hydrogen) atoms. The van der Waals surface area contributed by atoms with E-state index >= 15 is 0 Å². The average molecular weight is 248 g/mol. The third kappa shape index (κ3) is 3.84. The molecule has 2 unspecified atom stereocenters. The number of anilines is 1. The van der Waals surface area contributed by atoms with Gasteiger partial charge in [-0.1, -0.05) is 51.8 Å². The van der Waals surface area contributed by atoms with Crippen LogP contribution < -0.4 is 11.1 Å². The highest BCUT2D eigenvalue weighted by Gasteiger charge is 2.19. The van der Waals surface area contributed by atoms with Gasteiger partial charge >= 0.3 is 0 Å². The van der Waals surface area contributed by atoms with Gasteiger partial charge in [-0.3, -0.25) is 4.79 Å². The van der Waals surface area contributed by atoms with Crippen LogP contribution in [-0.2, 0) is 11.2 Å². The summed E-state index contributed by atoms with van der Waals surface area (Å²) in [6.45, 7) is 6.18. The second kappa shape index (κ2) is 7.17. The Morgan fingerprint density at radius 3 is 2.61 bits per heavy atom. The van der Waals surface area contributed by atoms with Gasteiger partial charge in [0.2, 0.25) is 5.91 Å². The zero-order chi connectivity index (χ0) is 13.5. The first-order valence-corrected chi connectivity index (χ1v) is 6.74. The first kappa shape index (κ1) is 14.7. The summed E-state index contributed by atoms with van der Waals surface area (Å²) in [7, 11) is 0. The maximum absolute atomic E-state index is 12.0. The summed E-state index contributed by atoms with van der Waals surface area (Å²) in [4.78, 5) is 12.0. The fraction of sp³-hybridized carbons (Fsp3) is 0.533. The number of benzene rings is 1. The molecule has 0 spiro atoms. The zero-order valence-corrected chi connectivity index (χ0v) is 11.6. The SMILES string of the molecule is CCCc1ccccc1NC(=O)C(N)C(C)CC. The van der Waals surface area contributed by atoms with Crippen LogP contribution in [0.4, 0.5) is 5.69 Å². The number of hydrogen-bond donors (Lipinski definition) is 2. The van der Waals surface area contributed by atoms with E-state index in [0.717, 1.165) is 24.9 Å². The Labute approximate surface area is 110 Å². The minimum absolute atomic E-state index is 0.0899. The van der Waals surface area contributed by atoms with Crippen molar-refractivity contribution in [2.24, 2.45) is 11.7 Å². The molecule has 0 aliphatic rings. The summed E-state index contributed by atoms with van der Waals surface area (Å²) < 4.78 is 0. The fourth-order valence-electron chi connectivity index (χ4n) is 1.86. The van der Waals surface area contributed by atoms with Crippen molar-refractivity contribution < 1.29 is 4.79 Å². The van der Waals surface area contributed by atoms with Crippen LogP contribution in [0.3, 0.4) is 0 Å². The van der Waals surface area contributed by atoms with Gasteiger partial charge in [0, 0.05) is 5.69 Å². The first-order valence-electron chi connectivity index (χ1n) is 6.74. The smallest absolute Gasteiger partial charge is 0.241 e. The highest BCUT2D eigenvalue weighted by molar-refractivity contribution is 5.95. The van der Waals surface area contributed by atoms with Crippen molar-refractivity contribution in [3.05, 3.63) is 29.8 Å². The van der Waals surface area contributed by atoms with E-state index in [9.17, 15) is 4.79 Å². The Morgan fingerprint density at radius 1 is 1.33 bits per heavy atom. The third-order valence-electron chi connectivity index (χ3n) is 3.35. The standard InChI is InChI=1S/C15H24N2O/c1-4-8-12-9-6-7-10-13(12)17-15(18)14(16)11(3)5-2/h6-7,9-11,14H,4-5,8,16H2,1-3H3,(H,17,18). The maximum atomic E-state index is 12.0. The summed E-state index contributed by atoms with van der Waals surface area (Å²) in [5, 5.41) is 2.95. The Bertz CT molecular complexity index is 390. The second-order valence-electron chi connectivity index (χ2n) is 4.81. The van der Waals surface area contributed by atoms with E-state index in [0.29, 0.717) is 0 Å². The van der Waals surface area contributed by atoms with Gasteiger partial charge in [0.25, 0.3) is 0 Å². The molecule has 0 aromatic heterocycles. The third-order valence-corrected chi connectivity index (χ3v) is 3.35. The van der Waals surface area contributed by atoms with Gasteiger partial charge in [-0.2, -0.15) is 0 Å². The number of rotatable bonds is 6. The highest BCUT2D eigenvalue weighted by atomic mass is 16.2. The van der Waals surface area contributed by atoms with Crippen LogP contribution in [0.2, 0.25) is 0 Å². The van der Waals surface area contributed by atoms with Crippen molar-refractivity contribution in [1.29, 1.82) is 0 Å². The molecule has 0 aliphatic heterocycles. The Morgan fingerprint density at radius 2 is 2.00 bits per heavy atom. The molecule has 1 aromatic carbocycles. The molecule has 3 nitrogen and oxygen atoms in total. The molecule has 0 heterocycles. The van der Waals surface area contributed by atoms with Crippen LogP contribution >= 0.6 is 0 Å². The molecule has 1 aromatic rings. The minimum atomic E-state index is -0.440. The van der Waals surface area contributed by atoms with Crippen LogP contribution in [0.15, 0.2) is 24.3 Å². The average Bonchev–Trinajstić information content (AvgIpc) is 2.39. The number of carbonyl (C=O) groups excluding carboxylic acids is 1. The monoisotopic (exact) mass is 248 g/mol. The molecular formula is C15H24N2O. The van der Waals surface area contributed by atoms with E-state index in [2.05, 4.69) is 12.2 Å². The van der Waals surface area contributed by atoms with Gasteiger partial charge in [0.15, 0.2) is 0 Å². The lowest BCUT2D eigenvalue weighted by molar-refractivity contribution is -0.118. The lowest BCUT2D eigenvalue weighted by Crippen LogP contribution is -2.40. The zero-order valence-electron chi connectivity index (χ0n) is 11.6. The van der Waals surface area contributed by atoms with Gasteiger partial charge in [-0.15, -0.1) is 0 Å². The van der Waals surface area contributed by atoms with E-state index in [4.69, 9.17) is 5.73 Å². The number of aryl methyl sites for hydroxylation is 1. The van der Waals surface area contributed by atoms with Crippen molar-refractivity contribution in [2.45, 2.75) is 46.1 Å². The predicted molar refractivity (Wildman–Crippen MR) is 76.5 cm³/mol. The van der Waals surface area contributed by atoms with Crippen molar-refractivity contribution >= 4 is 11.6 Å². The number of carbonyl (C=O) groups is 1. The summed E-state index contributed by atoms with van der Waals surface area (Å²) in [5.74, 6) is 0.108. The summed E-state index contributed by atoms with van der Waals surface area (Å²) in [6, 6.07) is 7.48.